The number of nitrogens with zero attached hydrogens (tertiary/aromatic N) is 1. The molecule has 0 aromatic heterocycles. The third-order valence-corrected chi connectivity index (χ3v) is 3.74. The van der Waals surface area contributed by atoms with Crippen molar-refractivity contribution in [3.63, 3.8) is 0 Å². The van der Waals surface area contributed by atoms with Gasteiger partial charge in [0.1, 0.15) is 0 Å². The molecule has 1 rings (SSSR count). The Hall–Kier alpha value is -2.04. The average molecular weight is 349 g/mol. The second-order valence-corrected chi connectivity index (χ2v) is 8.02. The average Bonchev–Trinajstić information content (AvgIpc) is 2.47. The molecule has 0 saturated heterocycles. The molecule has 1 amide bonds. The van der Waals surface area contributed by atoms with Gasteiger partial charge in [0.15, 0.2) is 5.75 Å². The summed E-state index contributed by atoms with van der Waals surface area (Å²) < 4.78 is 10.7. The normalized spacial score (nSPS) is 11.8. The van der Waals surface area contributed by atoms with E-state index >= 15 is 0 Å². The molecule has 0 atom stereocenters. The van der Waals surface area contributed by atoms with E-state index in [0.29, 0.717) is 18.0 Å². The van der Waals surface area contributed by atoms with Crippen molar-refractivity contribution in [2.75, 3.05) is 18.1 Å². The largest absolute Gasteiger partial charge is 0.449 e. The first-order chi connectivity index (χ1) is 11.4. The van der Waals surface area contributed by atoms with Crippen LogP contribution < -0.4 is 9.64 Å². The summed E-state index contributed by atoms with van der Waals surface area (Å²) in [6, 6.07) is 5.57. The molecule has 0 bridgehead atoms. The Bertz CT molecular complexity index is 624. The first-order valence-corrected chi connectivity index (χ1v) is 8.72. The van der Waals surface area contributed by atoms with Crippen LogP contribution in [0.3, 0.4) is 0 Å². The van der Waals surface area contributed by atoms with Gasteiger partial charge in [0.05, 0.1) is 17.7 Å². The quantitative estimate of drug-likeness (QED) is 0.572. The molecule has 5 nitrogen and oxygen atoms in total. The molecule has 0 fully saturated rings. The predicted octanol–water partition coefficient (Wildman–Crippen LogP) is 4.92. The molecule has 0 aliphatic rings. The number of amides is 1. The molecule has 0 N–H and O–H groups in total. The molecular formula is C20H31NO4. The van der Waals surface area contributed by atoms with Crippen LogP contribution in [-0.2, 0) is 14.9 Å². The molecule has 0 unspecified atom stereocenters. The number of anilines is 1. The monoisotopic (exact) mass is 349 g/mol. The van der Waals surface area contributed by atoms with Gasteiger partial charge in [0.25, 0.3) is 0 Å². The van der Waals surface area contributed by atoms with Crippen molar-refractivity contribution in [3.05, 3.63) is 23.8 Å². The van der Waals surface area contributed by atoms with Gasteiger partial charge in [-0.3, -0.25) is 9.69 Å². The molecule has 0 radical (unpaired) electrons. The molecule has 0 heterocycles. The van der Waals surface area contributed by atoms with Crippen molar-refractivity contribution in [1.82, 2.24) is 0 Å². The van der Waals surface area contributed by atoms with Gasteiger partial charge >= 0.3 is 12.1 Å². The van der Waals surface area contributed by atoms with Gasteiger partial charge in [-0.2, -0.15) is 0 Å². The number of hydrogen-bond donors (Lipinski definition) is 0. The van der Waals surface area contributed by atoms with E-state index in [1.165, 1.54) is 4.90 Å². The summed E-state index contributed by atoms with van der Waals surface area (Å²) in [5, 5.41) is 0. The highest BCUT2D eigenvalue weighted by Gasteiger charge is 2.28. The van der Waals surface area contributed by atoms with Crippen molar-refractivity contribution in [2.45, 2.75) is 60.8 Å². The second kappa shape index (κ2) is 7.89. The fraction of sp³-hybridized carbons (Fsp3) is 0.600. The molecule has 1 aromatic rings. The molecule has 0 aliphatic carbocycles. The van der Waals surface area contributed by atoms with Crippen LogP contribution in [0, 0.1) is 5.41 Å². The molecule has 1 aromatic carbocycles. The highest BCUT2D eigenvalue weighted by molar-refractivity contribution is 5.91. The summed E-state index contributed by atoms with van der Waals surface area (Å²) in [7, 11) is 0. The standard InChI is InChI=1S/C20H31NO4/c1-9-21(18(23)24-10-2)15-13-14(19(3,4)5)11-12-16(15)25-17(22)20(6,7)8/h11-13H,9-10H2,1-8H3. The highest BCUT2D eigenvalue weighted by atomic mass is 16.6. The number of carbonyl (C=O) groups excluding carboxylic acids is 2. The van der Waals surface area contributed by atoms with Gasteiger partial charge in [0, 0.05) is 6.54 Å². The van der Waals surface area contributed by atoms with Crippen molar-refractivity contribution in [2.24, 2.45) is 5.41 Å². The minimum Gasteiger partial charge on any atom is -0.449 e. The number of esters is 1. The van der Waals surface area contributed by atoms with Crippen LogP contribution in [-0.4, -0.2) is 25.2 Å². The zero-order chi connectivity index (χ0) is 19.4. The van der Waals surface area contributed by atoms with Crippen LogP contribution in [0.2, 0.25) is 0 Å². The van der Waals surface area contributed by atoms with E-state index in [0.717, 1.165) is 5.56 Å². The summed E-state index contributed by atoms with van der Waals surface area (Å²) in [5.41, 5.74) is 0.850. The van der Waals surface area contributed by atoms with E-state index < -0.39 is 11.5 Å². The van der Waals surface area contributed by atoms with Crippen molar-refractivity contribution >= 4 is 17.7 Å². The maximum atomic E-state index is 12.3. The minimum absolute atomic E-state index is 0.102. The zero-order valence-electron chi connectivity index (χ0n) is 16.7. The first kappa shape index (κ1) is 21.0. The molecule has 25 heavy (non-hydrogen) atoms. The zero-order valence-corrected chi connectivity index (χ0v) is 16.7. The Morgan fingerprint density at radius 2 is 1.64 bits per heavy atom. The van der Waals surface area contributed by atoms with Crippen LogP contribution in [0.15, 0.2) is 18.2 Å². The van der Waals surface area contributed by atoms with Crippen LogP contribution in [0.5, 0.6) is 5.75 Å². The number of hydrogen-bond acceptors (Lipinski definition) is 4. The number of benzene rings is 1. The topological polar surface area (TPSA) is 55.8 Å². The third kappa shape index (κ3) is 5.48. The summed E-state index contributed by atoms with van der Waals surface area (Å²) in [6.07, 6.45) is -0.455. The fourth-order valence-corrected chi connectivity index (χ4v) is 2.13. The lowest BCUT2D eigenvalue weighted by Gasteiger charge is -2.27. The van der Waals surface area contributed by atoms with Gasteiger partial charge in [-0.05, 0) is 57.7 Å². The van der Waals surface area contributed by atoms with E-state index in [2.05, 4.69) is 20.8 Å². The van der Waals surface area contributed by atoms with Gasteiger partial charge in [-0.15, -0.1) is 0 Å². The minimum atomic E-state index is -0.638. The molecule has 0 aliphatic heterocycles. The first-order valence-electron chi connectivity index (χ1n) is 8.72. The van der Waals surface area contributed by atoms with Crippen LogP contribution in [0.25, 0.3) is 0 Å². The van der Waals surface area contributed by atoms with Gasteiger partial charge in [0.2, 0.25) is 0 Å². The van der Waals surface area contributed by atoms with Gasteiger partial charge in [-0.25, -0.2) is 4.79 Å². The maximum Gasteiger partial charge on any atom is 0.414 e. The third-order valence-electron chi connectivity index (χ3n) is 3.74. The molecule has 5 heteroatoms. The fourth-order valence-electron chi connectivity index (χ4n) is 2.13. The SMILES string of the molecule is CCOC(=O)N(CC)c1cc(C(C)(C)C)ccc1OC(=O)C(C)(C)C. The van der Waals surface area contributed by atoms with E-state index in [9.17, 15) is 9.59 Å². The van der Waals surface area contributed by atoms with Crippen LogP contribution >= 0.6 is 0 Å². The van der Waals surface area contributed by atoms with Gasteiger partial charge < -0.3 is 9.47 Å². The van der Waals surface area contributed by atoms with Crippen molar-refractivity contribution in [3.8, 4) is 5.75 Å². The lowest BCUT2D eigenvalue weighted by atomic mass is 9.86. The second-order valence-electron chi connectivity index (χ2n) is 8.02. The Morgan fingerprint density at radius 3 is 2.08 bits per heavy atom. The maximum absolute atomic E-state index is 12.3. The molecule has 0 spiro atoms. The summed E-state index contributed by atoms with van der Waals surface area (Å²) in [4.78, 5) is 26.1. The summed E-state index contributed by atoms with van der Waals surface area (Å²) >= 11 is 0. The Kier molecular flexibility index (Phi) is 6.63. The Morgan fingerprint density at radius 1 is 1.04 bits per heavy atom. The predicted molar refractivity (Wildman–Crippen MR) is 100 cm³/mol. The molecule has 0 saturated carbocycles. The number of rotatable bonds is 4. The van der Waals surface area contributed by atoms with E-state index in [1.54, 1.807) is 33.8 Å². The molecule has 140 valence electrons. The highest BCUT2D eigenvalue weighted by Crippen LogP contribution is 2.35. The van der Waals surface area contributed by atoms with Crippen LogP contribution in [0.4, 0.5) is 10.5 Å². The van der Waals surface area contributed by atoms with E-state index in [-0.39, 0.29) is 18.0 Å². The molecular weight excluding hydrogens is 318 g/mol. The van der Waals surface area contributed by atoms with Crippen molar-refractivity contribution in [1.29, 1.82) is 0 Å². The Balaban J connectivity index is 3.41. The van der Waals surface area contributed by atoms with Crippen molar-refractivity contribution < 1.29 is 19.1 Å². The number of carbonyl (C=O) groups is 2. The van der Waals surface area contributed by atoms with E-state index in [4.69, 9.17) is 9.47 Å². The van der Waals surface area contributed by atoms with E-state index in [1.807, 2.05) is 19.1 Å². The summed E-state index contributed by atoms with van der Waals surface area (Å²) in [6.45, 7) is 16.0. The summed E-state index contributed by atoms with van der Waals surface area (Å²) in [5.74, 6) is 0.0139. The number of ether oxygens (including phenoxy) is 2. The van der Waals surface area contributed by atoms with Gasteiger partial charge in [-0.1, -0.05) is 26.8 Å². The lowest BCUT2D eigenvalue weighted by Crippen LogP contribution is -2.33. The smallest absolute Gasteiger partial charge is 0.414 e. The Labute approximate surface area is 151 Å². The lowest BCUT2D eigenvalue weighted by molar-refractivity contribution is -0.142. The van der Waals surface area contributed by atoms with Crippen LogP contribution in [0.1, 0.15) is 61.0 Å².